The van der Waals surface area contributed by atoms with Gasteiger partial charge in [0.15, 0.2) is 0 Å². The first-order valence-electron chi connectivity index (χ1n) is 5.84. The number of likely N-dealkylation sites (N-methyl/N-ethyl adjacent to an activating group) is 1. The van der Waals surface area contributed by atoms with Gasteiger partial charge in [0.1, 0.15) is 0 Å². The number of nitrogens with one attached hydrogen (secondary N) is 2. The summed E-state index contributed by atoms with van der Waals surface area (Å²) in [6, 6.07) is 3.90. The molecule has 0 bridgehead atoms. The first-order chi connectivity index (χ1) is 8.77. The number of amides is 1. The van der Waals surface area contributed by atoms with Crippen molar-refractivity contribution in [2.24, 2.45) is 0 Å². The van der Waals surface area contributed by atoms with Crippen LogP contribution in [0.15, 0.2) is 27.6 Å². The molecule has 106 valence electrons. The van der Waals surface area contributed by atoms with Gasteiger partial charge in [0.2, 0.25) is 15.9 Å². The molecule has 0 spiro atoms. The van der Waals surface area contributed by atoms with Crippen LogP contribution in [-0.4, -0.2) is 26.9 Å². The van der Waals surface area contributed by atoms with E-state index in [1.165, 1.54) is 13.0 Å². The molecule has 1 amide bonds. The molecule has 1 aromatic rings. The van der Waals surface area contributed by atoms with E-state index in [4.69, 9.17) is 0 Å². The van der Waals surface area contributed by atoms with Gasteiger partial charge >= 0.3 is 0 Å². The molecule has 0 heterocycles. The monoisotopic (exact) mass is 348 g/mol. The van der Waals surface area contributed by atoms with Gasteiger partial charge in [-0.2, -0.15) is 4.72 Å². The SMILES string of the molecule is CCNC(=O)[C@@H](C)NS(=O)(=O)c1ccc(Br)c(C)c1. The molecule has 0 saturated carbocycles. The summed E-state index contributed by atoms with van der Waals surface area (Å²) in [4.78, 5) is 11.7. The fourth-order valence-corrected chi connectivity index (χ4v) is 3.00. The number of hydrogen-bond donors (Lipinski definition) is 2. The second-order valence-corrected chi connectivity index (χ2v) is 6.72. The third-order valence-electron chi connectivity index (χ3n) is 2.52. The molecule has 2 N–H and O–H groups in total. The number of hydrogen-bond acceptors (Lipinski definition) is 3. The van der Waals surface area contributed by atoms with Crippen molar-refractivity contribution in [2.75, 3.05) is 6.54 Å². The molecule has 0 fully saturated rings. The fraction of sp³-hybridized carbons (Fsp3) is 0.417. The van der Waals surface area contributed by atoms with Gasteiger partial charge in [-0.15, -0.1) is 0 Å². The minimum Gasteiger partial charge on any atom is -0.355 e. The molecular weight excluding hydrogens is 332 g/mol. The van der Waals surface area contributed by atoms with Crippen molar-refractivity contribution in [3.63, 3.8) is 0 Å². The maximum atomic E-state index is 12.1. The topological polar surface area (TPSA) is 75.3 Å². The Labute approximate surface area is 122 Å². The molecule has 0 aliphatic carbocycles. The highest BCUT2D eigenvalue weighted by atomic mass is 79.9. The maximum Gasteiger partial charge on any atom is 0.241 e. The zero-order chi connectivity index (χ0) is 14.6. The van der Waals surface area contributed by atoms with Gasteiger partial charge < -0.3 is 5.32 Å². The highest BCUT2D eigenvalue weighted by Crippen LogP contribution is 2.20. The van der Waals surface area contributed by atoms with Crippen LogP contribution in [0.2, 0.25) is 0 Å². The molecule has 0 aromatic heterocycles. The quantitative estimate of drug-likeness (QED) is 0.847. The van der Waals surface area contributed by atoms with E-state index in [1.54, 1.807) is 26.0 Å². The van der Waals surface area contributed by atoms with Gasteiger partial charge in [-0.3, -0.25) is 4.79 Å². The Morgan fingerprint density at radius 1 is 1.42 bits per heavy atom. The third-order valence-corrected chi connectivity index (χ3v) is 4.94. The molecule has 19 heavy (non-hydrogen) atoms. The Balaban J connectivity index is 2.92. The van der Waals surface area contributed by atoms with Crippen LogP contribution < -0.4 is 10.0 Å². The van der Waals surface area contributed by atoms with E-state index in [-0.39, 0.29) is 10.8 Å². The number of halogens is 1. The van der Waals surface area contributed by atoms with Crippen molar-refractivity contribution in [3.05, 3.63) is 28.2 Å². The van der Waals surface area contributed by atoms with Crippen molar-refractivity contribution in [1.82, 2.24) is 10.0 Å². The third kappa shape index (κ3) is 4.29. The molecule has 7 heteroatoms. The second-order valence-electron chi connectivity index (χ2n) is 4.15. The molecule has 1 aromatic carbocycles. The van der Waals surface area contributed by atoms with Gasteiger partial charge in [0.25, 0.3) is 0 Å². The first kappa shape index (κ1) is 16.1. The average Bonchev–Trinajstić information content (AvgIpc) is 2.32. The summed E-state index contributed by atoms with van der Waals surface area (Å²) in [5.74, 6) is -0.347. The van der Waals surface area contributed by atoms with Crippen LogP contribution >= 0.6 is 15.9 Å². The smallest absolute Gasteiger partial charge is 0.241 e. The number of carbonyl (C=O) groups is 1. The summed E-state index contributed by atoms with van der Waals surface area (Å²) in [7, 11) is -3.69. The van der Waals surface area contributed by atoms with Crippen molar-refractivity contribution >= 4 is 31.9 Å². The van der Waals surface area contributed by atoms with Crippen molar-refractivity contribution in [1.29, 1.82) is 0 Å². The Kier molecular flexibility index (Phi) is 5.51. The predicted molar refractivity (Wildman–Crippen MR) is 77.3 cm³/mol. The molecule has 0 aliphatic heterocycles. The zero-order valence-electron chi connectivity index (χ0n) is 11.0. The molecule has 0 unspecified atom stereocenters. The van der Waals surface area contributed by atoms with Crippen LogP contribution in [0.25, 0.3) is 0 Å². The minimum absolute atomic E-state index is 0.143. The lowest BCUT2D eigenvalue weighted by Crippen LogP contribution is -2.44. The van der Waals surface area contributed by atoms with E-state index in [9.17, 15) is 13.2 Å². The van der Waals surface area contributed by atoms with E-state index in [0.717, 1.165) is 10.0 Å². The van der Waals surface area contributed by atoms with E-state index >= 15 is 0 Å². The molecule has 1 rings (SSSR count). The lowest BCUT2D eigenvalue weighted by atomic mass is 10.2. The van der Waals surface area contributed by atoms with Crippen LogP contribution in [0.3, 0.4) is 0 Å². The van der Waals surface area contributed by atoms with Crippen LogP contribution in [0.1, 0.15) is 19.4 Å². The van der Waals surface area contributed by atoms with Crippen molar-refractivity contribution < 1.29 is 13.2 Å². The molecule has 0 radical (unpaired) electrons. The summed E-state index contributed by atoms with van der Waals surface area (Å²) in [5.41, 5.74) is 0.813. The van der Waals surface area contributed by atoms with E-state index in [2.05, 4.69) is 26.0 Å². The molecule has 1 atom stereocenters. The highest BCUT2D eigenvalue weighted by molar-refractivity contribution is 9.10. The normalized spacial score (nSPS) is 13.1. The largest absolute Gasteiger partial charge is 0.355 e. The lowest BCUT2D eigenvalue weighted by Gasteiger charge is -2.14. The average molecular weight is 349 g/mol. The first-order valence-corrected chi connectivity index (χ1v) is 8.11. The number of benzene rings is 1. The number of rotatable bonds is 5. The van der Waals surface area contributed by atoms with Crippen LogP contribution in [-0.2, 0) is 14.8 Å². The van der Waals surface area contributed by atoms with E-state index in [0.29, 0.717) is 6.54 Å². The van der Waals surface area contributed by atoms with Gasteiger partial charge in [-0.05, 0) is 44.5 Å². The summed E-state index contributed by atoms with van der Waals surface area (Å²) in [5, 5.41) is 2.57. The van der Waals surface area contributed by atoms with Gasteiger partial charge in [-0.1, -0.05) is 15.9 Å². The maximum absolute atomic E-state index is 12.1. The Bertz CT molecular complexity index is 572. The minimum atomic E-state index is -3.69. The van der Waals surface area contributed by atoms with Crippen molar-refractivity contribution in [2.45, 2.75) is 31.7 Å². The summed E-state index contributed by atoms with van der Waals surface area (Å²) in [6.45, 7) is 5.55. The molecular formula is C12H17BrN2O3S. The predicted octanol–water partition coefficient (Wildman–Crippen LogP) is 1.56. The molecule has 5 nitrogen and oxygen atoms in total. The lowest BCUT2D eigenvalue weighted by molar-refractivity contribution is -0.122. The standard InChI is InChI=1S/C12H17BrN2O3S/c1-4-14-12(16)9(3)15-19(17,18)10-5-6-11(13)8(2)7-10/h5-7,9,15H,4H2,1-3H3,(H,14,16)/t9-/m1/s1. The number of carbonyl (C=O) groups excluding carboxylic acids is 1. The fourth-order valence-electron chi connectivity index (χ4n) is 1.47. The van der Waals surface area contributed by atoms with Gasteiger partial charge in [0, 0.05) is 11.0 Å². The Morgan fingerprint density at radius 3 is 2.58 bits per heavy atom. The Morgan fingerprint density at radius 2 is 2.05 bits per heavy atom. The van der Waals surface area contributed by atoms with Gasteiger partial charge in [-0.25, -0.2) is 8.42 Å². The Hall–Kier alpha value is -0.920. The van der Waals surface area contributed by atoms with Crippen LogP contribution in [0, 0.1) is 6.92 Å². The summed E-state index contributed by atoms with van der Waals surface area (Å²) in [6.07, 6.45) is 0. The van der Waals surface area contributed by atoms with Gasteiger partial charge in [0.05, 0.1) is 10.9 Å². The highest BCUT2D eigenvalue weighted by Gasteiger charge is 2.21. The van der Waals surface area contributed by atoms with E-state index in [1.807, 2.05) is 0 Å². The summed E-state index contributed by atoms with van der Waals surface area (Å²) >= 11 is 3.31. The molecule has 0 aliphatic rings. The van der Waals surface area contributed by atoms with Crippen molar-refractivity contribution in [3.8, 4) is 0 Å². The molecule has 0 saturated heterocycles. The number of sulfonamides is 1. The summed E-state index contributed by atoms with van der Waals surface area (Å²) < 4.78 is 27.4. The van der Waals surface area contributed by atoms with Crippen LogP contribution in [0.5, 0.6) is 0 Å². The van der Waals surface area contributed by atoms with Crippen LogP contribution in [0.4, 0.5) is 0 Å². The van der Waals surface area contributed by atoms with E-state index < -0.39 is 16.1 Å². The zero-order valence-corrected chi connectivity index (χ0v) is 13.4. The second kappa shape index (κ2) is 6.49. The number of aryl methyl sites for hydroxylation is 1.